The molecule has 1 aliphatic heterocycles. The van der Waals surface area contributed by atoms with Gasteiger partial charge in [0.05, 0.1) is 22.9 Å². The van der Waals surface area contributed by atoms with Gasteiger partial charge in [0.25, 0.3) is 10.5 Å². The Hall–Kier alpha value is -3.08. The van der Waals surface area contributed by atoms with Gasteiger partial charge >= 0.3 is 11.9 Å². The number of aromatic carboxylic acids is 1. The van der Waals surface area contributed by atoms with Crippen LogP contribution >= 0.6 is 10.0 Å². The summed E-state index contributed by atoms with van der Waals surface area (Å²) in [5.41, 5.74) is 9.57. The molecule has 2 amide bonds. The van der Waals surface area contributed by atoms with Crippen molar-refractivity contribution in [3.63, 3.8) is 0 Å². The summed E-state index contributed by atoms with van der Waals surface area (Å²) >= 11 is 0. The van der Waals surface area contributed by atoms with E-state index < -0.39 is 53.9 Å². The summed E-state index contributed by atoms with van der Waals surface area (Å²) in [6, 6.07) is 2.43. The summed E-state index contributed by atoms with van der Waals surface area (Å²) < 4.78 is 5.89. The van der Waals surface area contributed by atoms with Crippen LogP contribution in [0.5, 0.6) is 5.75 Å². The van der Waals surface area contributed by atoms with Gasteiger partial charge in [-0.2, -0.15) is 0 Å². The van der Waals surface area contributed by atoms with Crippen LogP contribution in [0, 0.1) is 5.41 Å². The molecule has 1 unspecified atom stereocenters. The van der Waals surface area contributed by atoms with Crippen molar-refractivity contribution in [3.05, 3.63) is 23.3 Å². The summed E-state index contributed by atoms with van der Waals surface area (Å²) in [6.45, 7) is 0. The predicted molar refractivity (Wildman–Crippen MR) is 99.6 cm³/mol. The number of rotatable bonds is 4. The number of amides is 2. The van der Waals surface area contributed by atoms with Crippen molar-refractivity contribution < 1.29 is 34.1 Å². The number of carbonyl (C=O) groups is 4. The van der Waals surface area contributed by atoms with Crippen molar-refractivity contribution in [1.82, 2.24) is 0 Å². The van der Waals surface area contributed by atoms with Crippen molar-refractivity contribution in [2.24, 2.45) is 11.5 Å². The molecule has 0 bridgehead atoms. The van der Waals surface area contributed by atoms with Gasteiger partial charge in [-0.15, -0.1) is 0 Å². The molecule has 1 heterocycles. The third-order valence-electron chi connectivity index (χ3n) is 5.01. The quantitative estimate of drug-likeness (QED) is 0.500. The van der Waals surface area contributed by atoms with Gasteiger partial charge in [-0.25, -0.2) is 4.79 Å². The van der Waals surface area contributed by atoms with Gasteiger partial charge in [0, 0.05) is 4.90 Å². The molecule has 2 aliphatic rings. The maximum atomic E-state index is 12.4. The second kappa shape index (κ2) is 6.82. The van der Waals surface area contributed by atoms with Crippen LogP contribution in [0.4, 0.5) is 9.59 Å². The van der Waals surface area contributed by atoms with E-state index in [0.717, 1.165) is 31.7 Å². The molecule has 1 aliphatic carbocycles. The second-order valence-electron chi connectivity index (χ2n) is 6.57. The first-order valence-corrected chi connectivity index (χ1v) is 10.1. The number of hydrogen-bond acceptors (Lipinski definition) is 6. The average Bonchev–Trinajstić information content (AvgIpc) is 3.19. The van der Waals surface area contributed by atoms with Gasteiger partial charge < -0.3 is 31.8 Å². The maximum Gasteiger partial charge on any atom is 0.336 e. The van der Waals surface area contributed by atoms with Crippen LogP contribution in [0.2, 0.25) is 0 Å². The SMILES string of the molecule is N=C1c2c(OC3CCCC3)ccc(C(=O)O)c2S(C(N)=O)(C(N)=O)C1C(=O)O. The van der Waals surface area contributed by atoms with Gasteiger partial charge in [-0.3, -0.25) is 14.4 Å². The molecule has 1 atom stereocenters. The fourth-order valence-electron chi connectivity index (χ4n) is 3.84. The highest BCUT2D eigenvalue weighted by molar-refractivity contribution is 8.57. The summed E-state index contributed by atoms with van der Waals surface area (Å²) in [6.07, 6.45) is 3.17. The lowest BCUT2D eigenvalue weighted by Crippen LogP contribution is -2.42. The van der Waals surface area contributed by atoms with Crippen molar-refractivity contribution in [1.29, 1.82) is 5.41 Å². The molecule has 3 rings (SSSR count). The monoisotopic (exact) mass is 409 g/mol. The minimum absolute atomic E-state index is 0.0556. The lowest BCUT2D eigenvalue weighted by molar-refractivity contribution is -0.135. The van der Waals surface area contributed by atoms with Gasteiger partial charge in [-0.1, -0.05) is 0 Å². The summed E-state index contributed by atoms with van der Waals surface area (Å²) in [5.74, 6) is -3.10. The number of hydrogen-bond donors (Lipinski definition) is 5. The summed E-state index contributed by atoms with van der Waals surface area (Å²) in [7, 11) is -3.88. The number of nitrogens with one attached hydrogen (secondary N) is 1. The number of nitrogens with two attached hydrogens (primary N) is 2. The van der Waals surface area contributed by atoms with E-state index in [4.69, 9.17) is 21.6 Å². The molecule has 0 spiro atoms. The second-order valence-corrected chi connectivity index (χ2v) is 9.58. The van der Waals surface area contributed by atoms with Crippen molar-refractivity contribution >= 4 is 38.2 Å². The average molecular weight is 409 g/mol. The highest BCUT2D eigenvalue weighted by atomic mass is 32.3. The minimum atomic E-state index is -3.88. The molecule has 1 saturated carbocycles. The van der Waals surface area contributed by atoms with E-state index in [9.17, 15) is 29.4 Å². The summed E-state index contributed by atoms with van der Waals surface area (Å²) in [4.78, 5) is 48.1. The molecular formula is C17H19N3O7S. The Kier molecular flexibility index (Phi) is 4.79. The largest absolute Gasteiger partial charge is 0.490 e. The standard InChI is InChI=1S/C17H19N3O7S/c18-11-10-9(27-7-3-1-2-4-7)6-5-8(14(21)22)12(10)28(16(19)25,17(20)26)13(11)15(23)24/h5-7,13,18H,1-4H2,(H2,19,25)(H2,20,26)(H,21,22)(H,23,24). The molecule has 28 heavy (non-hydrogen) atoms. The van der Waals surface area contributed by atoms with Crippen LogP contribution < -0.4 is 16.2 Å². The van der Waals surface area contributed by atoms with E-state index >= 15 is 0 Å². The Bertz CT molecular complexity index is 910. The minimum Gasteiger partial charge on any atom is -0.490 e. The molecule has 0 aromatic heterocycles. The molecule has 1 aromatic rings. The van der Waals surface area contributed by atoms with Gasteiger partial charge in [0.15, 0.2) is 0 Å². The Balaban J connectivity index is 2.36. The first-order chi connectivity index (χ1) is 13.1. The summed E-state index contributed by atoms with van der Waals surface area (Å²) in [5, 5.41) is 22.9. The molecule has 7 N–H and O–H groups in total. The fraction of sp³-hybridized carbons (Fsp3) is 0.353. The Labute approximate surface area is 160 Å². The predicted octanol–water partition coefficient (Wildman–Crippen LogP) is 1.86. The molecule has 0 radical (unpaired) electrons. The fourth-order valence-corrected chi connectivity index (χ4v) is 6.95. The Morgan fingerprint density at radius 3 is 2.11 bits per heavy atom. The van der Waals surface area contributed by atoms with Gasteiger partial charge in [0.2, 0.25) is 0 Å². The van der Waals surface area contributed by atoms with Crippen molar-refractivity contribution in [2.45, 2.75) is 41.9 Å². The molecule has 0 saturated heterocycles. The molecular weight excluding hydrogens is 390 g/mol. The van der Waals surface area contributed by atoms with Crippen LogP contribution in [-0.4, -0.2) is 49.7 Å². The van der Waals surface area contributed by atoms with E-state index in [-0.39, 0.29) is 17.4 Å². The van der Waals surface area contributed by atoms with Crippen LogP contribution in [0.25, 0.3) is 0 Å². The van der Waals surface area contributed by atoms with Crippen LogP contribution in [-0.2, 0) is 4.79 Å². The topological polar surface area (TPSA) is 194 Å². The highest BCUT2D eigenvalue weighted by Gasteiger charge is 2.60. The Morgan fingerprint density at radius 2 is 1.64 bits per heavy atom. The van der Waals surface area contributed by atoms with Crippen LogP contribution in [0.3, 0.4) is 0 Å². The Morgan fingerprint density at radius 1 is 1.07 bits per heavy atom. The number of benzene rings is 1. The third kappa shape index (κ3) is 2.61. The highest BCUT2D eigenvalue weighted by Crippen LogP contribution is 2.68. The van der Waals surface area contributed by atoms with Gasteiger partial charge in [0.1, 0.15) is 11.0 Å². The molecule has 10 nitrogen and oxygen atoms in total. The third-order valence-corrected chi connectivity index (χ3v) is 8.49. The van der Waals surface area contributed by atoms with Crippen LogP contribution in [0.1, 0.15) is 41.6 Å². The van der Waals surface area contributed by atoms with E-state index in [1.807, 2.05) is 0 Å². The van der Waals surface area contributed by atoms with E-state index in [0.29, 0.717) is 0 Å². The number of carbonyl (C=O) groups excluding carboxylic acids is 2. The zero-order valence-electron chi connectivity index (χ0n) is 14.6. The number of carboxylic acid groups (broad SMARTS) is 2. The normalized spacial score (nSPS) is 21.7. The maximum absolute atomic E-state index is 12.4. The van der Waals surface area contributed by atoms with E-state index in [1.54, 1.807) is 0 Å². The van der Waals surface area contributed by atoms with Gasteiger partial charge in [-0.05, 0) is 47.8 Å². The number of fused-ring (bicyclic) bond motifs is 1. The molecule has 1 aromatic carbocycles. The number of carboxylic acids is 2. The van der Waals surface area contributed by atoms with E-state index in [2.05, 4.69) is 0 Å². The smallest absolute Gasteiger partial charge is 0.336 e. The first kappa shape index (κ1) is 19.7. The molecule has 150 valence electrons. The number of ether oxygens (including phenoxy) is 1. The van der Waals surface area contributed by atoms with Crippen molar-refractivity contribution in [3.8, 4) is 5.75 Å². The van der Waals surface area contributed by atoms with Crippen LogP contribution in [0.15, 0.2) is 17.0 Å². The van der Waals surface area contributed by atoms with E-state index in [1.165, 1.54) is 6.07 Å². The zero-order valence-corrected chi connectivity index (χ0v) is 15.5. The first-order valence-electron chi connectivity index (χ1n) is 8.43. The number of primary amides is 2. The molecule has 1 fully saturated rings. The lowest BCUT2D eigenvalue weighted by atomic mass is 10.0. The molecule has 11 heteroatoms. The lowest BCUT2D eigenvalue weighted by Gasteiger charge is -2.33. The zero-order chi connectivity index (χ0) is 20.8. The van der Waals surface area contributed by atoms with Crippen molar-refractivity contribution in [2.75, 3.05) is 0 Å². The number of aliphatic carboxylic acids is 1.